The van der Waals surface area contributed by atoms with Crippen LogP contribution in [0.3, 0.4) is 0 Å². The van der Waals surface area contributed by atoms with E-state index >= 15 is 0 Å². The van der Waals surface area contributed by atoms with Crippen molar-refractivity contribution in [3.05, 3.63) is 87.5 Å². The molecule has 172 valence electrons. The molecular formula is C26H32N6O. The van der Waals surface area contributed by atoms with Crippen molar-refractivity contribution in [2.75, 3.05) is 0 Å². The smallest absolute Gasteiger partial charge is 0.252 e. The number of aryl methyl sites for hydroxylation is 1. The van der Waals surface area contributed by atoms with E-state index in [-0.39, 0.29) is 17.1 Å². The first-order valence-electron chi connectivity index (χ1n) is 11.5. The van der Waals surface area contributed by atoms with Crippen molar-refractivity contribution in [3.63, 3.8) is 0 Å². The molecule has 2 aromatic heterocycles. The van der Waals surface area contributed by atoms with Crippen LogP contribution in [0.2, 0.25) is 0 Å². The standard InChI is InChI=1S/C26H32N6O/c1-6-23(24-28-29-30-32(24)26(3,4)5)31(16-19-10-8-7-9-11-19)17-21-15-20-14-18(2)12-13-22(20)27-25(21)33/h7-15,23H,6,16-17H2,1-5H3,(H,27,33). The molecule has 0 bridgehead atoms. The van der Waals surface area contributed by atoms with Crippen LogP contribution in [0.1, 0.15) is 62.7 Å². The molecule has 0 spiro atoms. The fourth-order valence-corrected chi connectivity index (χ4v) is 4.29. The average Bonchev–Trinajstić information content (AvgIpc) is 3.26. The summed E-state index contributed by atoms with van der Waals surface area (Å²) in [5.41, 5.74) is 3.62. The Balaban J connectivity index is 1.77. The summed E-state index contributed by atoms with van der Waals surface area (Å²) in [6.45, 7) is 11.7. The van der Waals surface area contributed by atoms with E-state index < -0.39 is 0 Å². The fourth-order valence-electron chi connectivity index (χ4n) is 4.29. The molecule has 0 aliphatic rings. The first-order chi connectivity index (χ1) is 15.8. The number of aromatic amines is 1. The Kier molecular flexibility index (Phi) is 6.42. The highest BCUT2D eigenvalue weighted by Gasteiger charge is 2.29. The van der Waals surface area contributed by atoms with Gasteiger partial charge in [-0.3, -0.25) is 9.69 Å². The predicted octanol–water partition coefficient (Wildman–Crippen LogP) is 4.73. The Hall–Kier alpha value is -3.32. The molecule has 4 aromatic rings. The van der Waals surface area contributed by atoms with E-state index in [9.17, 15) is 4.79 Å². The molecule has 0 aliphatic carbocycles. The predicted molar refractivity (Wildman–Crippen MR) is 131 cm³/mol. The first kappa shape index (κ1) is 22.9. The maximum Gasteiger partial charge on any atom is 0.252 e. The summed E-state index contributed by atoms with van der Waals surface area (Å²) < 4.78 is 1.90. The minimum Gasteiger partial charge on any atom is -0.322 e. The van der Waals surface area contributed by atoms with Gasteiger partial charge in [0, 0.05) is 24.2 Å². The van der Waals surface area contributed by atoms with Crippen molar-refractivity contribution in [1.29, 1.82) is 0 Å². The molecule has 1 unspecified atom stereocenters. The molecule has 0 amide bonds. The number of hydrogen-bond acceptors (Lipinski definition) is 5. The van der Waals surface area contributed by atoms with Crippen LogP contribution in [-0.4, -0.2) is 30.1 Å². The number of rotatable bonds is 7. The molecule has 0 radical (unpaired) electrons. The van der Waals surface area contributed by atoms with E-state index in [1.807, 2.05) is 41.1 Å². The van der Waals surface area contributed by atoms with Crippen LogP contribution in [-0.2, 0) is 18.6 Å². The van der Waals surface area contributed by atoms with Crippen molar-refractivity contribution >= 4 is 10.9 Å². The lowest BCUT2D eigenvalue weighted by Gasteiger charge is -2.32. The molecule has 33 heavy (non-hydrogen) atoms. The lowest BCUT2D eigenvalue weighted by atomic mass is 10.0. The van der Waals surface area contributed by atoms with Crippen molar-refractivity contribution in [3.8, 4) is 0 Å². The number of H-pyrrole nitrogens is 1. The topological polar surface area (TPSA) is 79.7 Å². The Morgan fingerprint density at radius 2 is 1.82 bits per heavy atom. The Bertz CT molecular complexity index is 1290. The summed E-state index contributed by atoms with van der Waals surface area (Å²) in [7, 11) is 0. The second kappa shape index (κ2) is 9.27. The zero-order chi connectivity index (χ0) is 23.6. The number of hydrogen-bond donors (Lipinski definition) is 1. The summed E-state index contributed by atoms with van der Waals surface area (Å²) in [4.78, 5) is 18.4. The lowest BCUT2D eigenvalue weighted by molar-refractivity contribution is 0.153. The minimum atomic E-state index is -0.247. The number of aromatic nitrogens is 5. The van der Waals surface area contributed by atoms with Gasteiger partial charge in [-0.2, -0.15) is 0 Å². The minimum absolute atomic E-state index is 0.0490. The number of tetrazole rings is 1. The van der Waals surface area contributed by atoms with Gasteiger partial charge in [-0.25, -0.2) is 4.68 Å². The Morgan fingerprint density at radius 3 is 2.52 bits per heavy atom. The van der Waals surface area contributed by atoms with Crippen LogP contribution in [0, 0.1) is 6.92 Å². The summed E-state index contributed by atoms with van der Waals surface area (Å²) in [5, 5.41) is 13.7. The molecule has 1 atom stereocenters. The van der Waals surface area contributed by atoms with E-state index in [1.165, 1.54) is 5.56 Å². The van der Waals surface area contributed by atoms with Gasteiger partial charge in [0.2, 0.25) is 0 Å². The van der Waals surface area contributed by atoms with Gasteiger partial charge in [-0.05, 0) is 73.7 Å². The number of benzene rings is 2. The van der Waals surface area contributed by atoms with Gasteiger partial charge in [-0.15, -0.1) is 5.10 Å². The summed E-state index contributed by atoms with van der Waals surface area (Å²) >= 11 is 0. The third-order valence-electron chi connectivity index (χ3n) is 5.93. The molecule has 4 rings (SSSR count). The Morgan fingerprint density at radius 1 is 1.06 bits per heavy atom. The van der Waals surface area contributed by atoms with Gasteiger partial charge >= 0.3 is 0 Å². The first-order valence-corrected chi connectivity index (χ1v) is 11.5. The van der Waals surface area contributed by atoms with Gasteiger partial charge in [0.15, 0.2) is 5.82 Å². The van der Waals surface area contributed by atoms with Crippen LogP contribution in [0.25, 0.3) is 10.9 Å². The van der Waals surface area contributed by atoms with Gasteiger partial charge in [0.25, 0.3) is 5.56 Å². The second-order valence-corrected chi connectivity index (χ2v) is 9.65. The normalized spacial score (nSPS) is 13.0. The summed E-state index contributed by atoms with van der Waals surface area (Å²) in [5.74, 6) is 0.814. The van der Waals surface area contributed by atoms with Gasteiger partial charge in [0.1, 0.15) is 0 Å². The maximum absolute atomic E-state index is 13.0. The molecular weight excluding hydrogens is 412 g/mol. The van der Waals surface area contributed by atoms with E-state index in [2.05, 4.69) is 78.2 Å². The molecule has 7 heteroatoms. The van der Waals surface area contributed by atoms with Crippen molar-refractivity contribution in [1.82, 2.24) is 30.1 Å². The van der Waals surface area contributed by atoms with Crippen LogP contribution in [0.4, 0.5) is 0 Å². The highest BCUT2D eigenvalue weighted by molar-refractivity contribution is 5.79. The summed E-state index contributed by atoms with van der Waals surface area (Å²) in [6.07, 6.45) is 0.813. The monoisotopic (exact) mass is 444 g/mol. The molecule has 2 heterocycles. The van der Waals surface area contributed by atoms with Crippen molar-refractivity contribution < 1.29 is 0 Å². The largest absolute Gasteiger partial charge is 0.322 e. The third kappa shape index (κ3) is 5.03. The molecule has 7 nitrogen and oxygen atoms in total. The molecule has 0 aliphatic heterocycles. The SMILES string of the molecule is CCC(c1nnnn1C(C)(C)C)N(Cc1ccccc1)Cc1cc2cc(C)ccc2[nH]c1=O. The van der Waals surface area contributed by atoms with Crippen LogP contribution in [0.15, 0.2) is 59.4 Å². The number of fused-ring (bicyclic) bond motifs is 1. The van der Waals surface area contributed by atoms with E-state index in [0.29, 0.717) is 13.1 Å². The highest BCUT2D eigenvalue weighted by atomic mass is 16.1. The van der Waals surface area contributed by atoms with Crippen molar-refractivity contribution in [2.24, 2.45) is 0 Å². The van der Waals surface area contributed by atoms with Gasteiger partial charge < -0.3 is 4.98 Å². The molecule has 0 saturated carbocycles. The van der Waals surface area contributed by atoms with Gasteiger partial charge in [0.05, 0.1) is 11.6 Å². The van der Waals surface area contributed by atoms with Crippen LogP contribution >= 0.6 is 0 Å². The number of nitrogens with zero attached hydrogens (tertiary/aromatic N) is 5. The zero-order valence-electron chi connectivity index (χ0n) is 20.0. The second-order valence-electron chi connectivity index (χ2n) is 9.65. The van der Waals surface area contributed by atoms with Gasteiger partial charge in [-0.1, -0.05) is 48.9 Å². The quantitative estimate of drug-likeness (QED) is 0.446. The fraction of sp³-hybridized carbons (Fsp3) is 0.385. The van der Waals surface area contributed by atoms with E-state index in [1.54, 1.807) is 0 Å². The maximum atomic E-state index is 13.0. The molecule has 2 aromatic carbocycles. The molecule has 0 fully saturated rings. The van der Waals surface area contributed by atoms with E-state index in [0.717, 1.165) is 34.3 Å². The lowest BCUT2D eigenvalue weighted by Crippen LogP contribution is -2.35. The number of pyridine rings is 1. The Labute approximate surface area is 194 Å². The summed E-state index contributed by atoms with van der Waals surface area (Å²) in [6, 6.07) is 18.4. The molecule has 0 saturated heterocycles. The van der Waals surface area contributed by atoms with Crippen LogP contribution in [0.5, 0.6) is 0 Å². The molecule has 1 N–H and O–H groups in total. The van der Waals surface area contributed by atoms with Crippen molar-refractivity contribution in [2.45, 2.75) is 65.7 Å². The van der Waals surface area contributed by atoms with Crippen LogP contribution < -0.4 is 5.56 Å². The zero-order valence-corrected chi connectivity index (χ0v) is 20.0. The number of nitrogens with one attached hydrogen (secondary N) is 1. The average molecular weight is 445 g/mol. The highest BCUT2D eigenvalue weighted by Crippen LogP contribution is 2.29. The third-order valence-corrected chi connectivity index (χ3v) is 5.93. The van der Waals surface area contributed by atoms with E-state index in [4.69, 9.17) is 0 Å².